The number of piperidine rings is 1. The van der Waals surface area contributed by atoms with Crippen LogP contribution in [0.2, 0.25) is 10.0 Å². The minimum Gasteiger partial charge on any atom is -0.303 e. The van der Waals surface area contributed by atoms with Crippen LogP contribution in [0, 0.1) is 23.1 Å². The van der Waals surface area contributed by atoms with Gasteiger partial charge in [-0.2, -0.15) is 5.26 Å². The number of hydrogen-bond acceptors (Lipinski definition) is 2. The van der Waals surface area contributed by atoms with Gasteiger partial charge in [-0.25, -0.2) is 4.39 Å². The Morgan fingerprint density at radius 2 is 1.43 bits per heavy atom. The molecule has 1 heterocycles. The van der Waals surface area contributed by atoms with Gasteiger partial charge in [-0.1, -0.05) is 113 Å². The van der Waals surface area contributed by atoms with Crippen LogP contribution in [-0.4, -0.2) is 24.5 Å². The fraction of sp³-hybridized carbons (Fsp3) is 0.629. The largest absolute Gasteiger partial charge is 0.303 e. The molecule has 1 aliphatic heterocycles. The number of unbranched alkanes of at least 4 members (excludes halogenated alkanes) is 9. The summed E-state index contributed by atoms with van der Waals surface area (Å²) >= 11 is 12.6. The van der Waals surface area contributed by atoms with Crippen LogP contribution in [0.3, 0.4) is 0 Å². The van der Waals surface area contributed by atoms with Crippen LogP contribution < -0.4 is 0 Å². The molecule has 3 rings (SSSR count). The third-order valence-electron chi connectivity index (χ3n) is 8.87. The first kappa shape index (κ1) is 32.9. The van der Waals surface area contributed by atoms with Gasteiger partial charge in [-0.3, -0.25) is 0 Å². The number of nitrogens with zero attached hydrogens (tertiary/aromatic N) is 2. The van der Waals surface area contributed by atoms with Gasteiger partial charge in [0.25, 0.3) is 0 Å². The van der Waals surface area contributed by atoms with Gasteiger partial charge in [0, 0.05) is 0 Å². The number of rotatable bonds is 18. The Labute approximate surface area is 253 Å². The van der Waals surface area contributed by atoms with Crippen molar-refractivity contribution in [2.45, 2.75) is 115 Å². The molecule has 220 valence electrons. The molecule has 0 saturated carbocycles. The molecule has 0 bridgehead atoms. The molecule has 5 heteroatoms. The lowest BCUT2D eigenvalue weighted by atomic mass is 9.74. The highest BCUT2D eigenvalue weighted by Gasteiger charge is 2.32. The number of benzene rings is 2. The summed E-state index contributed by atoms with van der Waals surface area (Å²) in [6, 6.07) is 15.5. The second kappa shape index (κ2) is 18.0. The third-order valence-corrected chi connectivity index (χ3v) is 9.61. The van der Waals surface area contributed by atoms with Crippen LogP contribution in [0.15, 0.2) is 42.5 Å². The molecule has 1 fully saturated rings. The highest BCUT2D eigenvalue weighted by Crippen LogP contribution is 2.38. The normalized spacial score (nSPS) is 16.1. The maximum absolute atomic E-state index is 13.2. The molecule has 2 aromatic carbocycles. The molecule has 1 aliphatic rings. The number of likely N-dealkylation sites (tertiary alicyclic amines) is 1. The zero-order chi connectivity index (χ0) is 28.6. The summed E-state index contributed by atoms with van der Waals surface area (Å²) < 4.78 is 13.2. The Morgan fingerprint density at radius 3 is 2.02 bits per heavy atom. The molecule has 0 spiro atoms. The van der Waals surface area contributed by atoms with Gasteiger partial charge in [-0.05, 0) is 99.5 Å². The van der Waals surface area contributed by atoms with Crippen molar-refractivity contribution in [3.05, 3.63) is 69.5 Å². The summed E-state index contributed by atoms with van der Waals surface area (Å²) in [5.74, 6) is 0.494. The van der Waals surface area contributed by atoms with Crippen molar-refractivity contribution in [1.82, 2.24) is 4.90 Å². The van der Waals surface area contributed by atoms with Crippen molar-refractivity contribution < 1.29 is 4.39 Å². The molecule has 2 nitrogen and oxygen atoms in total. The van der Waals surface area contributed by atoms with Gasteiger partial charge in [0.05, 0.1) is 21.5 Å². The number of nitriles is 1. The standard InChI is InChI=1S/C35H49Cl2FN2/c1-2-3-4-5-6-7-8-9-10-11-21-35(28-39,31-15-18-33(36)34(37)27-31)22-12-23-40-24-19-30(20-25-40)26-29-13-16-32(38)17-14-29/h13-18,27,30H,2-12,19-26H2,1H3. The van der Waals surface area contributed by atoms with E-state index in [1.165, 1.54) is 76.2 Å². The zero-order valence-corrected chi connectivity index (χ0v) is 26.1. The maximum atomic E-state index is 13.2. The summed E-state index contributed by atoms with van der Waals surface area (Å²) in [6.07, 6.45) is 19.0. The molecule has 1 unspecified atom stereocenters. The van der Waals surface area contributed by atoms with E-state index in [0.29, 0.717) is 16.0 Å². The van der Waals surface area contributed by atoms with Crippen LogP contribution in [-0.2, 0) is 11.8 Å². The summed E-state index contributed by atoms with van der Waals surface area (Å²) in [5.41, 5.74) is 1.72. The van der Waals surface area contributed by atoms with E-state index in [-0.39, 0.29) is 5.82 Å². The lowest BCUT2D eigenvalue weighted by Gasteiger charge is -2.33. The first-order valence-electron chi connectivity index (χ1n) is 15.8. The molecule has 0 radical (unpaired) electrons. The van der Waals surface area contributed by atoms with Crippen LogP contribution in [0.1, 0.15) is 114 Å². The topological polar surface area (TPSA) is 27.0 Å². The predicted molar refractivity (Wildman–Crippen MR) is 169 cm³/mol. The Balaban J connectivity index is 1.46. The first-order chi connectivity index (χ1) is 19.5. The van der Waals surface area contributed by atoms with Crippen molar-refractivity contribution in [3.8, 4) is 6.07 Å². The van der Waals surface area contributed by atoms with Crippen molar-refractivity contribution in [3.63, 3.8) is 0 Å². The van der Waals surface area contributed by atoms with Crippen molar-refractivity contribution in [2.75, 3.05) is 19.6 Å². The molecule has 0 N–H and O–H groups in total. The lowest BCUT2D eigenvalue weighted by molar-refractivity contribution is 0.178. The average Bonchev–Trinajstić information content (AvgIpc) is 2.96. The zero-order valence-electron chi connectivity index (χ0n) is 24.6. The molecule has 2 aromatic rings. The Hall–Kier alpha value is -1.60. The van der Waals surface area contributed by atoms with E-state index in [9.17, 15) is 9.65 Å². The van der Waals surface area contributed by atoms with Gasteiger partial charge in [0.15, 0.2) is 0 Å². The van der Waals surface area contributed by atoms with E-state index in [4.69, 9.17) is 23.2 Å². The molecular weight excluding hydrogens is 538 g/mol. The third kappa shape index (κ3) is 11.0. The summed E-state index contributed by atoms with van der Waals surface area (Å²) in [7, 11) is 0. The molecule has 0 aromatic heterocycles. The van der Waals surface area contributed by atoms with E-state index in [1.807, 2.05) is 30.3 Å². The Morgan fingerprint density at radius 1 is 0.825 bits per heavy atom. The number of hydrogen-bond donors (Lipinski definition) is 0. The molecule has 40 heavy (non-hydrogen) atoms. The summed E-state index contributed by atoms with van der Waals surface area (Å²) in [5, 5.41) is 11.6. The van der Waals surface area contributed by atoms with Crippen molar-refractivity contribution in [1.29, 1.82) is 5.26 Å². The highest BCUT2D eigenvalue weighted by molar-refractivity contribution is 6.42. The van der Waals surface area contributed by atoms with Crippen LogP contribution in [0.5, 0.6) is 0 Å². The summed E-state index contributed by atoms with van der Waals surface area (Å²) in [6.45, 7) is 5.47. The molecular formula is C35H49Cl2FN2. The quantitative estimate of drug-likeness (QED) is 0.162. The average molecular weight is 588 g/mol. The van der Waals surface area contributed by atoms with Crippen LogP contribution in [0.4, 0.5) is 4.39 Å². The van der Waals surface area contributed by atoms with Gasteiger partial charge in [0.2, 0.25) is 0 Å². The van der Waals surface area contributed by atoms with Crippen LogP contribution in [0.25, 0.3) is 0 Å². The fourth-order valence-electron chi connectivity index (χ4n) is 6.27. The second-order valence-corrected chi connectivity index (χ2v) is 12.8. The Bertz CT molecular complexity index is 1030. The van der Waals surface area contributed by atoms with Crippen LogP contribution >= 0.6 is 23.2 Å². The van der Waals surface area contributed by atoms with Gasteiger partial charge in [0.1, 0.15) is 5.82 Å². The van der Waals surface area contributed by atoms with Gasteiger partial charge < -0.3 is 4.90 Å². The van der Waals surface area contributed by atoms with Gasteiger partial charge >= 0.3 is 0 Å². The molecule has 1 saturated heterocycles. The number of halogens is 3. The van der Waals surface area contributed by atoms with Gasteiger partial charge in [-0.15, -0.1) is 0 Å². The smallest absolute Gasteiger partial charge is 0.123 e. The minimum atomic E-state index is -0.519. The predicted octanol–water partition coefficient (Wildman–Crippen LogP) is 10.9. The van der Waals surface area contributed by atoms with E-state index in [1.54, 1.807) is 12.1 Å². The molecule has 0 amide bonds. The highest BCUT2D eigenvalue weighted by atomic mass is 35.5. The van der Waals surface area contributed by atoms with E-state index in [0.717, 1.165) is 57.3 Å². The Kier molecular flexibility index (Phi) is 14.8. The summed E-state index contributed by atoms with van der Waals surface area (Å²) in [4.78, 5) is 2.55. The van der Waals surface area contributed by atoms with E-state index >= 15 is 0 Å². The molecule has 1 atom stereocenters. The SMILES string of the molecule is CCCCCCCCCCCCC(C#N)(CCCN1CCC(Cc2ccc(F)cc2)CC1)c1ccc(Cl)c(Cl)c1. The first-order valence-corrected chi connectivity index (χ1v) is 16.5. The monoisotopic (exact) mass is 586 g/mol. The van der Waals surface area contributed by atoms with E-state index in [2.05, 4.69) is 17.9 Å². The minimum absolute atomic E-state index is 0.166. The molecule has 0 aliphatic carbocycles. The lowest BCUT2D eigenvalue weighted by Crippen LogP contribution is -2.36. The van der Waals surface area contributed by atoms with Crippen molar-refractivity contribution in [2.24, 2.45) is 5.92 Å². The van der Waals surface area contributed by atoms with E-state index < -0.39 is 5.41 Å². The van der Waals surface area contributed by atoms with Crippen molar-refractivity contribution >= 4 is 23.2 Å². The second-order valence-electron chi connectivity index (χ2n) is 12.0. The fourth-order valence-corrected chi connectivity index (χ4v) is 6.57. The maximum Gasteiger partial charge on any atom is 0.123 e.